The van der Waals surface area contributed by atoms with Gasteiger partial charge in [0.1, 0.15) is 11.6 Å². The Labute approximate surface area is 159 Å². The van der Waals surface area contributed by atoms with Crippen molar-refractivity contribution in [2.24, 2.45) is 0 Å². The summed E-state index contributed by atoms with van der Waals surface area (Å²) in [5, 5.41) is 0. The largest absolute Gasteiger partial charge is 0.497 e. The fourth-order valence-electron chi connectivity index (χ4n) is 2.39. The summed E-state index contributed by atoms with van der Waals surface area (Å²) in [6.07, 6.45) is 0.134. The highest BCUT2D eigenvalue weighted by Crippen LogP contribution is 2.28. The van der Waals surface area contributed by atoms with E-state index in [2.05, 4.69) is 10.9 Å². The van der Waals surface area contributed by atoms with Crippen LogP contribution in [-0.4, -0.2) is 18.9 Å². The summed E-state index contributed by atoms with van der Waals surface area (Å²) in [4.78, 5) is 25.4. The van der Waals surface area contributed by atoms with Crippen molar-refractivity contribution < 1.29 is 18.7 Å². The Bertz CT molecular complexity index is 937. The molecule has 1 aromatic heterocycles. The second-order valence-corrected chi connectivity index (χ2v) is 6.78. The molecule has 3 rings (SSSR count). The molecule has 0 aliphatic rings. The number of thiophene rings is 1. The molecule has 0 aliphatic heterocycles. The lowest BCUT2D eigenvalue weighted by molar-refractivity contribution is -0.121. The van der Waals surface area contributed by atoms with Crippen LogP contribution in [-0.2, 0) is 11.2 Å². The number of amides is 2. The molecule has 3 aromatic rings. The number of methoxy groups -OCH3 is 1. The summed E-state index contributed by atoms with van der Waals surface area (Å²) in [6, 6.07) is 16.6. The maximum Gasteiger partial charge on any atom is 0.279 e. The van der Waals surface area contributed by atoms with Crippen LogP contribution in [0.1, 0.15) is 15.2 Å². The van der Waals surface area contributed by atoms with Crippen LogP contribution >= 0.6 is 11.3 Å². The minimum Gasteiger partial charge on any atom is -0.497 e. The van der Waals surface area contributed by atoms with Gasteiger partial charge in [-0.15, -0.1) is 11.3 Å². The Hall–Kier alpha value is -3.19. The molecule has 0 radical (unpaired) electrons. The lowest BCUT2D eigenvalue weighted by Crippen LogP contribution is -2.42. The fraction of sp³-hybridized carbons (Fsp3) is 0.100. The molecule has 2 aromatic carbocycles. The molecule has 0 bridgehead atoms. The molecule has 1 heterocycles. The van der Waals surface area contributed by atoms with E-state index in [9.17, 15) is 14.0 Å². The smallest absolute Gasteiger partial charge is 0.279 e. The molecule has 0 aliphatic carbocycles. The SMILES string of the molecule is COc1ccc(CC(=O)NNC(=O)c2ccc(-c3ccc(F)cc3)s2)cc1. The van der Waals surface area contributed by atoms with Crippen molar-refractivity contribution >= 4 is 23.2 Å². The van der Waals surface area contributed by atoms with Gasteiger partial charge in [-0.25, -0.2) is 4.39 Å². The average Bonchev–Trinajstić information content (AvgIpc) is 3.17. The number of rotatable bonds is 5. The Balaban J connectivity index is 1.54. The predicted molar refractivity (Wildman–Crippen MR) is 102 cm³/mol. The third-order valence-electron chi connectivity index (χ3n) is 3.80. The minimum absolute atomic E-state index is 0.134. The highest BCUT2D eigenvalue weighted by molar-refractivity contribution is 7.17. The summed E-state index contributed by atoms with van der Waals surface area (Å²) in [6.45, 7) is 0. The van der Waals surface area contributed by atoms with Crippen molar-refractivity contribution in [3.63, 3.8) is 0 Å². The normalized spacial score (nSPS) is 10.3. The van der Waals surface area contributed by atoms with E-state index in [4.69, 9.17) is 4.74 Å². The first kappa shape index (κ1) is 18.6. The van der Waals surface area contributed by atoms with E-state index in [1.54, 1.807) is 55.6 Å². The summed E-state index contributed by atoms with van der Waals surface area (Å²) in [7, 11) is 1.57. The Morgan fingerprint density at radius 1 is 0.963 bits per heavy atom. The number of hydrogen-bond donors (Lipinski definition) is 2. The lowest BCUT2D eigenvalue weighted by Gasteiger charge is -2.07. The predicted octanol–water partition coefficient (Wildman–Crippen LogP) is 3.57. The standard InChI is InChI=1S/C20H17FN2O3S/c1-26-16-8-2-13(3-9-16)12-19(24)22-23-20(25)18-11-10-17(27-18)14-4-6-15(21)7-5-14/h2-11H,12H2,1H3,(H,22,24)(H,23,25). The van der Waals surface area contributed by atoms with Crippen LogP contribution in [0, 0.1) is 5.82 Å². The first-order valence-corrected chi connectivity index (χ1v) is 8.94. The number of benzene rings is 2. The molecule has 7 heteroatoms. The minimum atomic E-state index is -0.406. The van der Waals surface area contributed by atoms with Crippen LogP contribution in [0.2, 0.25) is 0 Å². The van der Waals surface area contributed by atoms with E-state index in [-0.39, 0.29) is 18.1 Å². The molecule has 0 spiro atoms. The van der Waals surface area contributed by atoms with Gasteiger partial charge in [-0.2, -0.15) is 0 Å². The number of hydrazine groups is 1. The molecule has 2 amide bonds. The zero-order valence-electron chi connectivity index (χ0n) is 14.5. The third kappa shape index (κ3) is 4.92. The topological polar surface area (TPSA) is 67.4 Å². The zero-order valence-corrected chi connectivity index (χ0v) is 15.3. The number of hydrogen-bond acceptors (Lipinski definition) is 4. The quantitative estimate of drug-likeness (QED) is 0.661. The highest BCUT2D eigenvalue weighted by atomic mass is 32.1. The molecule has 0 atom stereocenters. The second-order valence-electron chi connectivity index (χ2n) is 5.70. The molecule has 27 heavy (non-hydrogen) atoms. The number of halogens is 1. The molecule has 0 fully saturated rings. The summed E-state index contributed by atoms with van der Waals surface area (Å²) < 4.78 is 18.1. The van der Waals surface area contributed by atoms with Gasteiger partial charge < -0.3 is 4.74 Å². The van der Waals surface area contributed by atoms with Gasteiger partial charge in [0.25, 0.3) is 5.91 Å². The molecular formula is C20H17FN2O3S. The van der Waals surface area contributed by atoms with E-state index in [1.807, 2.05) is 0 Å². The second kappa shape index (κ2) is 8.46. The van der Waals surface area contributed by atoms with Crippen LogP contribution in [0.5, 0.6) is 5.75 Å². The molecule has 2 N–H and O–H groups in total. The van der Waals surface area contributed by atoms with Gasteiger partial charge in [0.05, 0.1) is 18.4 Å². The maximum absolute atomic E-state index is 13.0. The molecule has 0 unspecified atom stereocenters. The molecule has 138 valence electrons. The number of ether oxygens (including phenoxy) is 1. The first-order valence-electron chi connectivity index (χ1n) is 8.13. The summed E-state index contributed by atoms with van der Waals surface area (Å²) >= 11 is 1.26. The van der Waals surface area contributed by atoms with E-state index < -0.39 is 5.91 Å². The summed E-state index contributed by atoms with van der Waals surface area (Å²) in [5.74, 6) is -0.338. The Morgan fingerprint density at radius 3 is 2.33 bits per heavy atom. The average molecular weight is 384 g/mol. The van der Waals surface area contributed by atoms with Crippen molar-refractivity contribution in [2.45, 2.75) is 6.42 Å². The van der Waals surface area contributed by atoms with Crippen LogP contribution in [0.15, 0.2) is 60.7 Å². The van der Waals surface area contributed by atoms with Gasteiger partial charge >= 0.3 is 0 Å². The maximum atomic E-state index is 13.0. The van der Waals surface area contributed by atoms with Crippen LogP contribution in [0.3, 0.4) is 0 Å². The van der Waals surface area contributed by atoms with Gasteiger partial charge in [-0.1, -0.05) is 24.3 Å². The van der Waals surface area contributed by atoms with Crippen molar-refractivity contribution in [1.82, 2.24) is 10.9 Å². The molecule has 0 saturated carbocycles. The molecular weight excluding hydrogens is 367 g/mol. The highest BCUT2D eigenvalue weighted by Gasteiger charge is 2.12. The Morgan fingerprint density at radius 2 is 1.67 bits per heavy atom. The van der Waals surface area contributed by atoms with Crippen molar-refractivity contribution in [2.75, 3.05) is 7.11 Å². The van der Waals surface area contributed by atoms with E-state index in [0.29, 0.717) is 10.6 Å². The third-order valence-corrected chi connectivity index (χ3v) is 4.93. The summed E-state index contributed by atoms with van der Waals surface area (Å²) in [5.41, 5.74) is 6.43. The molecule has 0 saturated heterocycles. The molecule has 5 nitrogen and oxygen atoms in total. The van der Waals surface area contributed by atoms with E-state index >= 15 is 0 Å². The lowest BCUT2D eigenvalue weighted by atomic mass is 10.1. The van der Waals surface area contributed by atoms with Gasteiger partial charge in [-0.3, -0.25) is 20.4 Å². The first-order chi connectivity index (χ1) is 13.0. The van der Waals surface area contributed by atoms with Crippen molar-refractivity contribution in [3.8, 4) is 16.2 Å². The van der Waals surface area contributed by atoms with Crippen LogP contribution in [0.25, 0.3) is 10.4 Å². The van der Waals surface area contributed by atoms with Crippen molar-refractivity contribution in [1.29, 1.82) is 0 Å². The fourth-order valence-corrected chi connectivity index (χ4v) is 3.30. The number of carbonyl (C=O) groups is 2. The monoisotopic (exact) mass is 384 g/mol. The number of carbonyl (C=O) groups excluding carboxylic acids is 2. The van der Waals surface area contributed by atoms with Gasteiger partial charge in [0, 0.05) is 4.88 Å². The van der Waals surface area contributed by atoms with Gasteiger partial charge in [0.15, 0.2) is 0 Å². The van der Waals surface area contributed by atoms with Crippen LogP contribution < -0.4 is 15.6 Å². The van der Waals surface area contributed by atoms with E-state index in [0.717, 1.165) is 16.0 Å². The zero-order chi connectivity index (χ0) is 19.2. The number of nitrogens with one attached hydrogen (secondary N) is 2. The van der Waals surface area contributed by atoms with E-state index in [1.165, 1.54) is 23.5 Å². The Kier molecular flexibility index (Phi) is 5.83. The van der Waals surface area contributed by atoms with Gasteiger partial charge in [-0.05, 0) is 47.5 Å². The van der Waals surface area contributed by atoms with Crippen LogP contribution in [0.4, 0.5) is 4.39 Å². The van der Waals surface area contributed by atoms with Gasteiger partial charge in [0.2, 0.25) is 5.91 Å². The van der Waals surface area contributed by atoms with Crippen molar-refractivity contribution in [3.05, 3.63) is 76.9 Å².